The van der Waals surface area contributed by atoms with E-state index in [2.05, 4.69) is 76.8 Å². The summed E-state index contributed by atoms with van der Waals surface area (Å²) < 4.78 is 0. The van der Waals surface area contributed by atoms with Crippen LogP contribution in [0.3, 0.4) is 0 Å². The minimum absolute atomic E-state index is 0.381. The fourth-order valence-electron chi connectivity index (χ4n) is 3.19. The summed E-state index contributed by atoms with van der Waals surface area (Å²) in [7, 11) is 0. The van der Waals surface area contributed by atoms with Gasteiger partial charge in [0.05, 0.1) is 17.1 Å². The molecule has 0 heterocycles. The van der Waals surface area contributed by atoms with E-state index in [1.165, 1.54) is 22.2 Å². The molecule has 2 heteroatoms. The van der Waals surface area contributed by atoms with E-state index in [4.69, 9.17) is 4.99 Å². The van der Waals surface area contributed by atoms with Gasteiger partial charge in [0.15, 0.2) is 0 Å². The fraction of sp³-hybridized carbons (Fsp3) is 0.550. The van der Waals surface area contributed by atoms with Gasteiger partial charge in [-0.2, -0.15) is 0 Å². The summed E-state index contributed by atoms with van der Waals surface area (Å²) in [5.74, 6) is 0. The lowest BCUT2D eigenvalue weighted by molar-refractivity contribution is 0.607. The van der Waals surface area contributed by atoms with Crippen LogP contribution in [-0.2, 0) is 6.42 Å². The highest BCUT2D eigenvalue weighted by molar-refractivity contribution is 5.65. The molecule has 0 unspecified atom stereocenters. The predicted molar refractivity (Wildman–Crippen MR) is 96.1 cm³/mol. The molecule has 0 aliphatic rings. The monoisotopic (exact) mass is 298 g/mol. The van der Waals surface area contributed by atoms with Crippen LogP contribution in [0.5, 0.6) is 0 Å². The molecule has 0 bridgehead atoms. The zero-order valence-corrected chi connectivity index (χ0v) is 14.9. The first kappa shape index (κ1) is 16.8. The van der Waals surface area contributed by atoms with Gasteiger partial charge < -0.3 is 4.90 Å². The van der Waals surface area contributed by atoms with E-state index in [9.17, 15) is 0 Å². The molecule has 0 aliphatic heterocycles. The minimum Gasteiger partial charge on any atom is -0.365 e. The van der Waals surface area contributed by atoms with Crippen molar-refractivity contribution in [3.63, 3.8) is 0 Å². The lowest BCUT2D eigenvalue weighted by atomic mass is 10.0. The van der Waals surface area contributed by atoms with Crippen LogP contribution >= 0.6 is 0 Å². The van der Waals surface area contributed by atoms with E-state index in [1.54, 1.807) is 0 Å². The Morgan fingerprint density at radius 1 is 1.00 bits per heavy atom. The molecule has 2 aromatic carbocycles. The highest BCUT2D eigenvalue weighted by atomic mass is 15.2. The molecule has 0 spiro atoms. The van der Waals surface area contributed by atoms with Gasteiger partial charge >= 0.3 is 0 Å². The number of rotatable bonds is 7. The van der Waals surface area contributed by atoms with Gasteiger partial charge in [0, 0.05) is 17.6 Å². The lowest BCUT2D eigenvalue weighted by Crippen LogP contribution is -2.36. The van der Waals surface area contributed by atoms with Crippen LogP contribution in [0.4, 0.5) is 5.69 Å². The summed E-state index contributed by atoms with van der Waals surface area (Å²) in [5.41, 5.74) is 4.15. The molecule has 0 amide bonds. The smallest absolute Gasteiger partial charge is 0.0865 e. The number of hydrogen-bond acceptors (Lipinski definition) is 2. The van der Waals surface area contributed by atoms with Gasteiger partial charge in [0.2, 0.25) is 0 Å². The standard InChI is InChI=1S/C20H30N2/c1-7-18(13-17-11-9-8-10-12-17)21-19-16(6)20(19)22(14(2)3)15(4)5/h8-12,14-15,18H,7,13H2,1-6H3/t18-/m1/s1. The van der Waals surface area contributed by atoms with Crippen LogP contribution in [0.25, 0.3) is 0 Å². The van der Waals surface area contributed by atoms with Crippen LogP contribution in [0.15, 0.2) is 35.3 Å². The molecule has 0 aliphatic carbocycles. The van der Waals surface area contributed by atoms with Gasteiger partial charge in [0.1, 0.15) is 0 Å². The second-order valence-corrected chi connectivity index (χ2v) is 6.80. The molecular weight excluding hydrogens is 268 g/mol. The predicted octanol–water partition coefficient (Wildman–Crippen LogP) is 4.42. The van der Waals surface area contributed by atoms with Crippen LogP contribution in [0, 0.1) is 6.92 Å². The Morgan fingerprint density at radius 3 is 2.09 bits per heavy atom. The maximum Gasteiger partial charge on any atom is 0.0865 e. The van der Waals surface area contributed by atoms with Crippen molar-refractivity contribution in [1.29, 1.82) is 0 Å². The summed E-state index contributed by atoms with van der Waals surface area (Å²) in [6.07, 6.45) is 2.12. The topological polar surface area (TPSA) is 15.6 Å². The molecule has 0 N–H and O–H groups in total. The quantitative estimate of drug-likeness (QED) is 0.739. The van der Waals surface area contributed by atoms with E-state index in [0.717, 1.165) is 12.8 Å². The molecular formula is C20H30N2. The van der Waals surface area contributed by atoms with Crippen LogP contribution in [0.1, 0.15) is 52.2 Å². The number of nitrogens with zero attached hydrogens (tertiary/aromatic N) is 2. The summed E-state index contributed by atoms with van der Waals surface area (Å²) in [4.78, 5) is 7.54. The van der Waals surface area contributed by atoms with Gasteiger partial charge in [-0.3, -0.25) is 4.99 Å². The summed E-state index contributed by atoms with van der Waals surface area (Å²) in [6, 6.07) is 12.1. The average molecular weight is 298 g/mol. The zero-order chi connectivity index (χ0) is 16.3. The highest BCUT2D eigenvalue weighted by Crippen LogP contribution is 2.26. The largest absolute Gasteiger partial charge is 0.365 e. The molecule has 0 radical (unpaired) electrons. The number of hydrogen-bond donors (Lipinski definition) is 0. The Kier molecular flexibility index (Phi) is 5.44. The second kappa shape index (κ2) is 7.13. The zero-order valence-electron chi connectivity index (χ0n) is 14.9. The second-order valence-electron chi connectivity index (χ2n) is 6.80. The molecule has 120 valence electrons. The van der Waals surface area contributed by atoms with Crippen molar-refractivity contribution in [2.75, 3.05) is 4.90 Å². The van der Waals surface area contributed by atoms with Crippen molar-refractivity contribution in [2.45, 2.75) is 72.5 Å². The van der Waals surface area contributed by atoms with Gasteiger partial charge in [-0.15, -0.1) is 0 Å². The van der Waals surface area contributed by atoms with Crippen LogP contribution < -0.4 is 10.3 Å². The molecule has 2 aromatic rings. The van der Waals surface area contributed by atoms with Gasteiger partial charge in [-0.05, 0) is 53.0 Å². The van der Waals surface area contributed by atoms with Crippen LogP contribution in [0.2, 0.25) is 0 Å². The molecule has 2 nitrogen and oxygen atoms in total. The molecule has 0 saturated carbocycles. The first-order valence-electron chi connectivity index (χ1n) is 8.57. The van der Waals surface area contributed by atoms with Crippen molar-refractivity contribution < 1.29 is 0 Å². The maximum atomic E-state index is 5.05. The van der Waals surface area contributed by atoms with E-state index in [0.29, 0.717) is 18.1 Å². The Balaban J connectivity index is 2.18. The first-order valence-corrected chi connectivity index (χ1v) is 8.57. The summed E-state index contributed by atoms with van der Waals surface area (Å²) in [5, 5.41) is 1.25. The van der Waals surface area contributed by atoms with E-state index < -0.39 is 0 Å². The molecule has 0 fully saturated rings. The van der Waals surface area contributed by atoms with E-state index in [1.807, 2.05) is 0 Å². The molecule has 2 rings (SSSR count). The third kappa shape index (κ3) is 3.79. The Hall–Kier alpha value is -1.57. The van der Waals surface area contributed by atoms with Gasteiger partial charge in [0.25, 0.3) is 0 Å². The number of anilines is 1. The minimum atomic E-state index is 0.381. The van der Waals surface area contributed by atoms with E-state index >= 15 is 0 Å². The number of benzene rings is 1. The van der Waals surface area contributed by atoms with Crippen molar-refractivity contribution in [3.8, 4) is 0 Å². The van der Waals surface area contributed by atoms with Gasteiger partial charge in [-0.1, -0.05) is 37.3 Å². The van der Waals surface area contributed by atoms with Crippen molar-refractivity contribution in [3.05, 3.63) is 46.8 Å². The summed E-state index contributed by atoms with van der Waals surface area (Å²) in [6.45, 7) is 13.5. The SMILES string of the molecule is CC[C@H](Cc1ccccc1)N=c1c(C)c1N(C(C)C)C(C)C. The molecule has 22 heavy (non-hydrogen) atoms. The van der Waals surface area contributed by atoms with E-state index in [-0.39, 0.29) is 0 Å². The van der Waals surface area contributed by atoms with Crippen molar-refractivity contribution >= 4 is 5.69 Å². The van der Waals surface area contributed by atoms with Crippen molar-refractivity contribution in [1.82, 2.24) is 0 Å². The normalized spacial score (nSPS) is 14.3. The third-order valence-corrected chi connectivity index (χ3v) is 4.34. The Bertz CT molecular complexity index is 593. The Labute approximate surface area is 135 Å². The lowest BCUT2D eigenvalue weighted by Gasteiger charge is -2.29. The van der Waals surface area contributed by atoms with Crippen LogP contribution in [-0.4, -0.2) is 18.1 Å². The maximum absolute atomic E-state index is 5.05. The third-order valence-electron chi connectivity index (χ3n) is 4.34. The van der Waals surface area contributed by atoms with Gasteiger partial charge in [-0.25, -0.2) is 0 Å². The van der Waals surface area contributed by atoms with Crippen molar-refractivity contribution in [2.24, 2.45) is 4.99 Å². The summed E-state index contributed by atoms with van der Waals surface area (Å²) >= 11 is 0. The molecule has 1 atom stereocenters. The molecule has 0 saturated heterocycles. The Morgan fingerprint density at radius 2 is 1.59 bits per heavy atom. The average Bonchev–Trinajstić information content (AvgIpc) is 3.08. The first-order chi connectivity index (χ1) is 10.5. The molecule has 0 aromatic heterocycles. The fourth-order valence-corrected chi connectivity index (χ4v) is 3.19. The highest BCUT2D eigenvalue weighted by Gasteiger charge is 2.26.